The smallest absolute Gasteiger partial charge is 0.268 e. The molecule has 35 heavy (non-hydrogen) atoms. The van der Waals surface area contributed by atoms with Crippen LogP contribution in [0.2, 0.25) is 0 Å². The lowest BCUT2D eigenvalue weighted by Gasteiger charge is -2.17. The van der Waals surface area contributed by atoms with E-state index in [0.717, 1.165) is 19.3 Å². The van der Waals surface area contributed by atoms with Crippen LogP contribution in [0.25, 0.3) is 0 Å². The van der Waals surface area contributed by atoms with Crippen LogP contribution in [0, 0.1) is 0 Å². The Bertz CT molecular complexity index is 910. The van der Waals surface area contributed by atoms with E-state index in [1.807, 2.05) is 12.1 Å². The highest BCUT2D eigenvalue weighted by Crippen LogP contribution is 2.25. The molecule has 2 rings (SSSR count). The van der Waals surface area contributed by atoms with Gasteiger partial charge in [0.15, 0.2) is 11.9 Å². The van der Waals surface area contributed by atoms with Gasteiger partial charge in [-0.05, 0) is 12.0 Å². The van der Waals surface area contributed by atoms with Crippen molar-refractivity contribution < 1.29 is 17.4 Å². The van der Waals surface area contributed by atoms with E-state index < -0.39 is 16.2 Å². The molecule has 0 aromatic heterocycles. The summed E-state index contributed by atoms with van der Waals surface area (Å²) in [5.41, 5.74) is 0.985. The summed E-state index contributed by atoms with van der Waals surface area (Å²) < 4.78 is 30.9. The van der Waals surface area contributed by atoms with E-state index in [9.17, 15) is 13.2 Å². The molecule has 2 aromatic carbocycles. The van der Waals surface area contributed by atoms with Crippen LogP contribution in [0.5, 0.6) is 0 Å². The van der Waals surface area contributed by atoms with Crippen LogP contribution in [0.4, 0.5) is 0 Å². The van der Waals surface area contributed by atoms with Crippen molar-refractivity contribution in [1.82, 2.24) is 0 Å². The van der Waals surface area contributed by atoms with Crippen LogP contribution in [-0.4, -0.2) is 20.0 Å². The number of ketones is 1. The minimum Gasteiger partial charge on any atom is -0.291 e. The zero-order valence-corrected chi connectivity index (χ0v) is 22.3. The summed E-state index contributed by atoms with van der Waals surface area (Å²) in [5.74, 6) is -0.405. The Kier molecular flexibility index (Phi) is 14.6. The van der Waals surface area contributed by atoms with Crippen LogP contribution in [-0.2, 0) is 14.3 Å². The maximum Gasteiger partial charge on any atom is 0.268 e. The average molecular weight is 501 g/mol. The molecule has 0 N–H and O–H groups in total. The van der Waals surface area contributed by atoms with Gasteiger partial charge in [-0.15, -0.1) is 0 Å². The lowest BCUT2D eigenvalue weighted by molar-refractivity contribution is 0.0801. The minimum absolute atomic E-state index is 0.0591. The molecular weight excluding hydrogens is 456 g/mol. The summed E-state index contributed by atoms with van der Waals surface area (Å²) in [6, 6.07) is 17.6. The van der Waals surface area contributed by atoms with E-state index in [4.69, 9.17) is 4.18 Å². The number of unbranched alkanes of at least 4 members (excludes halogenated alkanes) is 13. The zero-order valence-electron chi connectivity index (χ0n) is 21.5. The van der Waals surface area contributed by atoms with Gasteiger partial charge in [-0.2, -0.15) is 8.42 Å². The minimum atomic E-state index is -3.82. The van der Waals surface area contributed by atoms with Gasteiger partial charge < -0.3 is 0 Å². The van der Waals surface area contributed by atoms with Crippen molar-refractivity contribution in [3.05, 3.63) is 71.8 Å². The van der Waals surface area contributed by atoms with Crippen LogP contribution >= 0.6 is 0 Å². The molecule has 0 fully saturated rings. The highest BCUT2D eigenvalue weighted by atomic mass is 32.2. The summed E-state index contributed by atoms with van der Waals surface area (Å²) in [5, 5.41) is 0. The highest BCUT2D eigenvalue weighted by molar-refractivity contribution is 7.86. The SMILES string of the molecule is CCCCCCCCCCCCCCCCS(=O)(=O)OC(C(=O)c1ccccc1)c1ccccc1. The largest absolute Gasteiger partial charge is 0.291 e. The monoisotopic (exact) mass is 500 g/mol. The average Bonchev–Trinajstić information content (AvgIpc) is 2.88. The number of carbonyl (C=O) groups is 1. The third-order valence-electron chi connectivity index (χ3n) is 6.39. The summed E-state index contributed by atoms with van der Waals surface area (Å²) >= 11 is 0. The standard InChI is InChI=1S/C30H44O4S/c1-2-3-4-5-6-7-8-9-10-11-12-13-14-21-26-35(32,33)34-30(28-24-19-16-20-25-28)29(31)27-22-17-15-18-23-27/h15-20,22-25,30H,2-14,21,26H2,1H3. The molecule has 0 aliphatic carbocycles. The van der Waals surface area contributed by atoms with Crippen molar-refractivity contribution in [3.63, 3.8) is 0 Å². The van der Waals surface area contributed by atoms with Gasteiger partial charge in [0.05, 0.1) is 5.75 Å². The van der Waals surface area contributed by atoms with Crippen LogP contribution < -0.4 is 0 Å². The second-order valence-corrected chi connectivity index (χ2v) is 11.2. The second-order valence-electron chi connectivity index (χ2n) is 9.48. The first-order chi connectivity index (χ1) is 17.0. The van der Waals surface area contributed by atoms with Gasteiger partial charge in [-0.25, -0.2) is 0 Å². The maximum atomic E-state index is 13.0. The van der Waals surface area contributed by atoms with Gasteiger partial charge in [0.25, 0.3) is 10.1 Å². The van der Waals surface area contributed by atoms with Gasteiger partial charge in [0.2, 0.25) is 0 Å². The quantitative estimate of drug-likeness (QED) is 0.104. The summed E-state index contributed by atoms with van der Waals surface area (Å²) in [7, 11) is -3.82. The third kappa shape index (κ3) is 12.5. The molecule has 0 aliphatic heterocycles. The number of benzene rings is 2. The molecule has 0 bridgehead atoms. The van der Waals surface area contributed by atoms with E-state index >= 15 is 0 Å². The molecule has 2 aromatic rings. The molecule has 5 heteroatoms. The molecule has 0 radical (unpaired) electrons. The fourth-order valence-electron chi connectivity index (χ4n) is 4.30. The lowest BCUT2D eigenvalue weighted by atomic mass is 10.0. The first-order valence-electron chi connectivity index (χ1n) is 13.6. The normalized spacial score (nSPS) is 12.5. The van der Waals surface area contributed by atoms with Crippen molar-refractivity contribution in [2.45, 2.75) is 103 Å². The summed E-state index contributed by atoms with van der Waals surface area (Å²) in [6.45, 7) is 2.25. The fraction of sp³-hybridized carbons (Fsp3) is 0.567. The Morgan fingerprint density at radius 2 is 1.09 bits per heavy atom. The molecule has 4 nitrogen and oxygen atoms in total. The van der Waals surface area contributed by atoms with Gasteiger partial charge in [0, 0.05) is 5.56 Å². The van der Waals surface area contributed by atoms with E-state index in [0.29, 0.717) is 17.5 Å². The predicted octanol–water partition coefficient (Wildman–Crippen LogP) is 8.44. The molecule has 194 valence electrons. The zero-order chi connectivity index (χ0) is 25.2. The van der Waals surface area contributed by atoms with Gasteiger partial charge >= 0.3 is 0 Å². The fourth-order valence-corrected chi connectivity index (χ4v) is 5.45. The van der Waals surface area contributed by atoms with Crippen molar-refractivity contribution in [1.29, 1.82) is 0 Å². The molecule has 0 saturated carbocycles. The van der Waals surface area contributed by atoms with Crippen molar-refractivity contribution in [2.24, 2.45) is 0 Å². The van der Waals surface area contributed by atoms with E-state index in [-0.39, 0.29) is 11.5 Å². The van der Waals surface area contributed by atoms with E-state index in [1.54, 1.807) is 48.5 Å². The van der Waals surface area contributed by atoms with E-state index in [2.05, 4.69) is 6.92 Å². The van der Waals surface area contributed by atoms with Crippen LogP contribution in [0.3, 0.4) is 0 Å². The molecule has 1 unspecified atom stereocenters. The number of hydrogen-bond donors (Lipinski definition) is 0. The highest BCUT2D eigenvalue weighted by Gasteiger charge is 2.28. The molecule has 0 aliphatic rings. The maximum absolute atomic E-state index is 13.0. The number of carbonyl (C=O) groups excluding carboxylic acids is 1. The van der Waals surface area contributed by atoms with Gasteiger partial charge in [0.1, 0.15) is 0 Å². The molecule has 0 saturated heterocycles. The first-order valence-corrected chi connectivity index (χ1v) is 15.2. The molecule has 0 heterocycles. The molecular formula is C30H44O4S. The Morgan fingerprint density at radius 1 is 0.657 bits per heavy atom. The predicted molar refractivity (Wildman–Crippen MR) is 145 cm³/mol. The number of Topliss-reactive ketones (excluding diaryl/α,β-unsaturated/α-hetero) is 1. The second kappa shape index (κ2) is 17.4. The van der Waals surface area contributed by atoms with Crippen LogP contribution in [0.1, 0.15) is 119 Å². The molecule has 0 spiro atoms. The van der Waals surface area contributed by atoms with E-state index in [1.165, 1.54) is 64.2 Å². The van der Waals surface area contributed by atoms with Gasteiger partial charge in [-0.1, -0.05) is 151 Å². The van der Waals surface area contributed by atoms with Gasteiger partial charge in [-0.3, -0.25) is 8.98 Å². The number of rotatable bonds is 20. The Balaban J connectivity index is 1.66. The summed E-state index contributed by atoms with van der Waals surface area (Å²) in [4.78, 5) is 13.0. The summed E-state index contributed by atoms with van der Waals surface area (Å²) in [6.07, 6.45) is 15.8. The molecule has 1 atom stereocenters. The lowest BCUT2D eigenvalue weighted by Crippen LogP contribution is -2.22. The topological polar surface area (TPSA) is 60.4 Å². The third-order valence-corrected chi connectivity index (χ3v) is 7.66. The van der Waals surface area contributed by atoms with Crippen molar-refractivity contribution in [2.75, 3.05) is 5.75 Å². The van der Waals surface area contributed by atoms with Crippen molar-refractivity contribution in [3.8, 4) is 0 Å². The Labute approximate surface area is 213 Å². The first kappa shape index (κ1) is 29.3. The van der Waals surface area contributed by atoms with Crippen LogP contribution in [0.15, 0.2) is 60.7 Å². The van der Waals surface area contributed by atoms with Crippen molar-refractivity contribution >= 4 is 15.9 Å². The molecule has 0 amide bonds. The Hall–Kier alpha value is -1.98. The number of hydrogen-bond acceptors (Lipinski definition) is 4. The Morgan fingerprint density at radius 3 is 1.57 bits per heavy atom.